The molecule has 0 aromatic heterocycles. The molecular weight excluding hydrogens is 470 g/mol. The first kappa shape index (κ1) is 23.5. The molecule has 1 unspecified atom stereocenters. The molecule has 3 aliphatic carbocycles. The summed E-state index contributed by atoms with van der Waals surface area (Å²) in [7, 11) is 0. The van der Waals surface area contributed by atoms with Crippen molar-refractivity contribution in [2.75, 3.05) is 5.73 Å². The zero-order valence-corrected chi connectivity index (χ0v) is 22.6. The van der Waals surface area contributed by atoms with E-state index in [1.807, 2.05) is 6.07 Å². The van der Waals surface area contributed by atoms with Crippen LogP contribution in [-0.2, 0) is 0 Å². The summed E-state index contributed by atoms with van der Waals surface area (Å²) < 4.78 is 0. The number of hydrogen-bond acceptors (Lipinski definition) is 1. The summed E-state index contributed by atoms with van der Waals surface area (Å²) in [6.45, 7) is 6.66. The van der Waals surface area contributed by atoms with E-state index in [4.69, 9.17) is 5.73 Å². The van der Waals surface area contributed by atoms with E-state index in [-0.39, 0.29) is 0 Å². The first-order chi connectivity index (χ1) is 18.9. The molecule has 0 radical (unpaired) electrons. The van der Waals surface area contributed by atoms with Crippen LogP contribution in [0.3, 0.4) is 0 Å². The number of nitrogens with two attached hydrogens (primary N) is 1. The van der Waals surface area contributed by atoms with Gasteiger partial charge in [-0.1, -0.05) is 84.5 Å². The molecule has 1 atom stereocenters. The van der Waals surface area contributed by atoms with Gasteiger partial charge in [-0.2, -0.15) is 0 Å². The maximum absolute atomic E-state index is 6.18. The smallest absolute Gasteiger partial charge is 0.0320 e. The van der Waals surface area contributed by atoms with E-state index in [1.165, 1.54) is 77.2 Å². The Balaban J connectivity index is 1.56. The van der Waals surface area contributed by atoms with Crippen LogP contribution in [0.1, 0.15) is 25.0 Å². The van der Waals surface area contributed by atoms with Crippen LogP contribution in [0.5, 0.6) is 0 Å². The van der Waals surface area contributed by atoms with E-state index >= 15 is 0 Å². The van der Waals surface area contributed by atoms with E-state index in [0.29, 0.717) is 5.92 Å². The Kier molecular flexibility index (Phi) is 5.42. The molecule has 4 aromatic carbocycles. The molecule has 2 N–H and O–H groups in total. The van der Waals surface area contributed by atoms with Crippen molar-refractivity contribution < 1.29 is 0 Å². The Bertz CT molecular complexity index is 1940. The van der Waals surface area contributed by atoms with Crippen LogP contribution in [0.2, 0.25) is 0 Å². The summed E-state index contributed by atoms with van der Waals surface area (Å²) >= 11 is 0. The second-order valence-corrected chi connectivity index (χ2v) is 11.0. The summed E-state index contributed by atoms with van der Waals surface area (Å²) in [5.41, 5.74) is 19.5. The first-order valence-corrected chi connectivity index (χ1v) is 13.7. The molecule has 1 nitrogen and oxygen atoms in total. The van der Waals surface area contributed by atoms with Gasteiger partial charge in [-0.25, -0.2) is 0 Å². The van der Waals surface area contributed by atoms with Gasteiger partial charge in [-0.05, 0) is 129 Å². The molecule has 4 aromatic rings. The number of allylic oxidation sites excluding steroid dienone is 10. The number of benzene rings is 3. The van der Waals surface area contributed by atoms with Gasteiger partial charge >= 0.3 is 0 Å². The lowest BCUT2D eigenvalue weighted by Crippen LogP contribution is -1.93. The minimum atomic E-state index is 0.306. The van der Waals surface area contributed by atoms with Crippen LogP contribution in [-0.4, -0.2) is 0 Å². The highest BCUT2D eigenvalue weighted by Crippen LogP contribution is 2.43. The van der Waals surface area contributed by atoms with Gasteiger partial charge < -0.3 is 5.73 Å². The fraction of sp³-hybridized carbons (Fsp3) is 0.105. The highest BCUT2D eigenvalue weighted by atomic mass is 14.5. The number of hydrogen-bond donors (Lipinski definition) is 1. The third-order valence-corrected chi connectivity index (χ3v) is 8.26. The molecule has 0 spiro atoms. The lowest BCUT2D eigenvalue weighted by Gasteiger charge is -2.16. The Morgan fingerprint density at radius 3 is 2.31 bits per heavy atom. The number of anilines is 1. The van der Waals surface area contributed by atoms with Crippen molar-refractivity contribution in [3.05, 3.63) is 143 Å². The van der Waals surface area contributed by atoms with Crippen LogP contribution in [0.15, 0.2) is 132 Å². The lowest BCUT2D eigenvalue weighted by atomic mass is 9.88. The quantitative estimate of drug-likeness (QED) is 0.227. The van der Waals surface area contributed by atoms with Crippen molar-refractivity contribution in [2.45, 2.75) is 20.8 Å². The molecule has 0 saturated heterocycles. The van der Waals surface area contributed by atoms with Crippen molar-refractivity contribution in [3.8, 4) is 22.3 Å². The number of rotatable bonds is 1. The van der Waals surface area contributed by atoms with E-state index in [2.05, 4.69) is 130 Å². The van der Waals surface area contributed by atoms with Crippen LogP contribution < -0.4 is 5.73 Å². The third kappa shape index (κ3) is 4.02. The second-order valence-electron chi connectivity index (χ2n) is 11.0. The number of aryl methyl sites for hydroxylation is 1. The number of fused-ring (bicyclic) bond motifs is 9. The monoisotopic (exact) mass is 501 g/mol. The Morgan fingerprint density at radius 2 is 1.44 bits per heavy atom. The summed E-state index contributed by atoms with van der Waals surface area (Å²) in [5, 5.41) is 5.07. The topological polar surface area (TPSA) is 26.0 Å². The van der Waals surface area contributed by atoms with Crippen LogP contribution in [0.25, 0.3) is 49.4 Å². The van der Waals surface area contributed by atoms with Gasteiger partial charge in [0.2, 0.25) is 0 Å². The Hall–Kier alpha value is -4.62. The van der Waals surface area contributed by atoms with Gasteiger partial charge in [0, 0.05) is 11.6 Å². The van der Waals surface area contributed by atoms with E-state index in [1.54, 1.807) is 0 Å². The van der Waals surface area contributed by atoms with E-state index in [9.17, 15) is 0 Å². The van der Waals surface area contributed by atoms with Crippen LogP contribution in [0, 0.1) is 12.8 Å². The molecule has 3 aliphatic rings. The molecule has 188 valence electrons. The summed E-state index contributed by atoms with van der Waals surface area (Å²) in [6, 6.07) is 28.8. The van der Waals surface area contributed by atoms with Gasteiger partial charge in [0.1, 0.15) is 0 Å². The van der Waals surface area contributed by atoms with Crippen molar-refractivity contribution in [1.29, 1.82) is 0 Å². The maximum Gasteiger partial charge on any atom is 0.0320 e. The predicted molar refractivity (Wildman–Crippen MR) is 169 cm³/mol. The summed E-state index contributed by atoms with van der Waals surface area (Å²) in [5.74, 6) is 0.306. The Morgan fingerprint density at radius 1 is 0.590 bits per heavy atom. The number of nitrogen functional groups attached to an aromatic ring is 1. The predicted octanol–water partition coefficient (Wildman–Crippen LogP) is 10.1. The lowest BCUT2D eigenvalue weighted by molar-refractivity contribution is 1.04. The summed E-state index contributed by atoms with van der Waals surface area (Å²) in [4.78, 5) is 0. The highest BCUT2D eigenvalue weighted by Gasteiger charge is 2.18. The fourth-order valence-corrected chi connectivity index (χ4v) is 6.33. The third-order valence-electron chi connectivity index (χ3n) is 8.26. The maximum atomic E-state index is 6.18. The molecule has 7 rings (SSSR count). The van der Waals surface area contributed by atoms with Gasteiger partial charge in [0.25, 0.3) is 0 Å². The normalized spacial score (nSPS) is 16.9. The largest absolute Gasteiger partial charge is 0.399 e. The van der Waals surface area contributed by atoms with Crippen LogP contribution in [0.4, 0.5) is 5.69 Å². The van der Waals surface area contributed by atoms with E-state index < -0.39 is 0 Å². The first-order valence-electron chi connectivity index (χ1n) is 13.7. The molecule has 0 aliphatic heterocycles. The van der Waals surface area contributed by atoms with Gasteiger partial charge in [0.05, 0.1) is 0 Å². The molecular formula is C38H31N. The molecule has 0 amide bonds. The molecule has 1 heteroatoms. The minimum absolute atomic E-state index is 0.306. The molecule has 0 saturated carbocycles. The van der Waals surface area contributed by atoms with Gasteiger partial charge in [-0.3, -0.25) is 0 Å². The molecule has 0 heterocycles. The summed E-state index contributed by atoms with van der Waals surface area (Å²) in [6.07, 6.45) is 13.9. The van der Waals surface area contributed by atoms with Gasteiger partial charge in [-0.15, -0.1) is 0 Å². The average molecular weight is 502 g/mol. The molecule has 39 heavy (non-hydrogen) atoms. The second kappa shape index (κ2) is 8.99. The molecule has 4 bridgehead atoms. The Labute approximate surface area is 230 Å². The fourth-order valence-electron chi connectivity index (χ4n) is 6.33. The van der Waals surface area contributed by atoms with Crippen molar-refractivity contribution in [1.82, 2.24) is 0 Å². The van der Waals surface area contributed by atoms with Crippen molar-refractivity contribution in [2.24, 2.45) is 5.92 Å². The van der Waals surface area contributed by atoms with Crippen molar-refractivity contribution in [3.63, 3.8) is 0 Å². The zero-order chi connectivity index (χ0) is 26.7. The zero-order valence-electron chi connectivity index (χ0n) is 22.6. The SMILES string of the molecule is CC1=CC2C=C(C=C1)C=C(c1cc3c(C)cccc4cc(cc3c3ccccc13)-c1ccc(N)cc1-4)C(C)=C2. The standard InChI is InChI=1S/C38H31N/c1-23-11-12-26-17-27(15-23)16-25(3)34(18-26)38-22-35-24(2)7-6-8-28-19-29(31-14-13-30(39)21-36(28)31)20-37(35)32-9-4-5-10-33(32)38/h4-22,27H,39H2,1-3H3. The van der Waals surface area contributed by atoms with Crippen LogP contribution >= 0.6 is 0 Å². The minimum Gasteiger partial charge on any atom is -0.399 e. The molecule has 0 fully saturated rings. The van der Waals surface area contributed by atoms with E-state index in [0.717, 1.165) is 5.69 Å². The van der Waals surface area contributed by atoms with Gasteiger partial charge in [0.15, 0.2) is 0 Å². The van der Waals surface area contributed by atoms with Crippen molar-refractivity contribution >= 4 is 32.8 Å². The average Bonchev–Trinajstić information content (AvgIpc) is 3.03. The highest BCUT2D eigenvalue weighted by molar-refractivity contribution is 6.14.